The molecule has 8 nitrogen and oxygen atoms in total. The van der Waals surface area contributed by atoms with Crippen molar-refractivity contribution >= 4 is 22.6 Å². The molecule has 1 aliphatic heterocycles. The highest BCUT2D eigenvalue weighted by Crippen LogP contribution is 2.30. The minimum absolute atomic E-state index is 0.0243. The van der Waals surface area contributed by atoms with Gasteiger partial charge in [-0.05, 0) is 61.4 Å². The van der Waals surface area contributed by atoms with Crippen LogP contribution in [0.3, 0.4) is 0 Å². The number of piperidine rings is 1. The van der Waals surface area contributed by atoms with Crippen molar-refractivity contribution in [2.24, 2.45) is 0 Å². The number of ether oxygens (including phenoxy) is 1. The second-order valence-corrected chi connectivity index (χ2v) is 9.67. The molecule has 3 aromatic rings. The van der Waals surface area contributed by atoms with Crippen LogP contribution >= 0.6 is 0 Å². The van der Waals surface area contributed by atoms with Crippen molar-refractivity contribution in [3.8, 4) is 22.8 Å². The molecule has 2 atom stereocenters. The van der Waals surface area contributed by atoms with E-state index >= 15 is 0 Å². The van der Waals surface area contributed by atoms with Gasteiger partial charge in [-0.2, -0.15) is 5.10 Å². The van der Waals surface area contributed by atoms with Gasteiger partial charge in [0, 0.05) is 53.8 Å². The van der Waals surface area contributed by atoms with Crippen LogP contribution in [0.5, 0.6) is 11.5 Å². The largest absolute Gasteiger partial charge is 0.457 e. The predicted molar refractivity (Wildman–Crippen MR) is 135 cm³/mol. The van der Waals surface area contributed by atoms with Crippen molar-refractivity contribution in [1.29, 1.82) is 0 Å². The molecule has 35 heavy (non-hydrogen) atoms. The van der Waals surface area contributed by atoms with Gasteiger partial charge in [0.05, 0.1) is 11.6 Å². The second kappa shape index (κ2) is 10.7. The van der Waals surface area contributed by atoms with Gasteiger partial charge in [-0.1, -0.05) is 12.6 Å². The summed E-state index contributed by atoms with van der Waals surface area (Å²) in [5.74, 6) is 0.877. The molecule has 2 unspecified atom stereocenters. The molecule has 2 heterocycles. The maximum atomic E-state index is 12.6. The van der Waals surface area contributed by atoms with Crippen LogP contribution < -0.4 is 10.1 Å². The molecule has 1 N–H and O–H groups in total. The van der Waals surface area contributed by atoms with E-state index in [1.54, 1.807) is 53.3 Å². The first-order chi connectivity index (χ1) is 16.9. The van der Waals surface area contributed by atoms with Crippen LogP contribution in [0, 0.1) is 0 Å². The molecule has 2 amide bonds. The van der Waals surface area contributed by atoms with E-state index in [1.165, 1.54) is 6.08 Å². The lowest BCUT2D eigenvalue weighted by Gasteiger charge is -2.32. The summed E-state index contributed by atoms with van der Waals surface area (Å²) in [6.07, 6.45) is 6.42. The highest BCUT2D eigenvalue weighted by molar-refractivity contribution is 7.84. The normalized spacial score (nSPS) is 16.4. The zero-order valence-electron chi connectivity index (χ0n) is 19.8. The molecule has 1 aromatic heterocycles. The maximum Gasteiger partial charge on any atom is 0.254 e. The molecular weight excluding hydrogens is 464 g/mol. The Labute approximate surface area is 207 Å². The smallest absolute Gasteiger partial charge is 0.254 e. The summed E-state index contributed by atoms with van der Waals surface area (Å²) in [5.41, 5.74) is 1.80. The molecule has 1 fully saturated rings. The maximum absolute atomic E-state index is 12.6. The van der Waals surface area contributed by atoms with Crippen LogP contribution in [-0.2, 0) is 15.6 Å². The molecule has 0 bridgehead atoms. The molecule has 1 aliphatic rings. The molecule has 2 aromatic carbocycles. The van der Waals surface area contributed by atoms with E-state index in [0.29, 0.717) is 40.7 Å². The summed E-state index contributed by atoms with van der Waals surface area (Å²) < 4.78 is 19.5. The van der Waals surface area contributed by atoms with E-state index in [-0.39, 0.29) is 17.9 Å². The van der Waals surface area contributed by atoms with E-state index in [0.717, 1.165) is 18.4 Å². The number of amides is 2. The Morgan fingerprint density at radius 1 is 1.20 bits per heavy atom. The Balaban J connectivity index is 1.59. The van der Waals surface area contributed by atoms with E-state index in [4.69, 9.17) is 9.84 Å². The summed E-state index contributed by atoms with van der Waals surface area (Å²) in [5, 5.41) is 7.44. The first-order valence-corrected chi connectivity index (χ1v) is 12.9. The Kier molecular flexibility index (Phi) is 7.45. The Bertz CT molecular complexity index is 1270. The molecule has 0 spiro atoms. The number of benzene rings is 2. The Morgan fingerprint density at radius 2 is 1.97 bits per heavy atom. The van der Waals surface area contributed by atoms with Gasteiger partial charge in [-0.15, -0.1) is 0 Å². The lowest BCUT2D eigenvalue weighted by molar-refractivity contribution is -0.127. The molecule has 4 rings (SSSR count). The van der Waals surface area contributed by atoms with Crippen LogP contribution in [0.15, 0.2) is 72.3 Å². The van der Waals surface area contributed by atoms with Crippen LogP contribution in [-0.4, -0.2) is 57.1 Å². The van der Waals surface area contributed by atoms with E-state index in [1.807, 2.05) is 24.3 Å². The molecule has 9 heteroatoms. The van der Waals surface area contributed by atoms with Gasteiger partial charge in [-0.3, -0.25) is 18.5 Å². The van der Waals surface area contributed by atoms with Crippen molar-refractivity contribution in [1.82, 2.24) is 20.0 Å². The number of likely N-dealkylation sites (tertiary alicyclic amines) is 1. The van der Waals surface area contributed by atoms with Gasteiger partial charge >= 0.3 is 0 Å². The summed E-state index contributed by atoms with van der Waals surface area (Å²) >= 11 is 0. The molecule has 0 radical (unpaired) electrons. The molecular formula is C26H28N4O4S. The zero-order valence-corrected chi connectivity index (χ0v) is 20.6. The number of aromatic nitrogens is 2. The summed E-state index contributed by atoms with van der Waals surface area (Å²) in [4.78, 5) is 27.2. The van der Waals surface area contributed by atoms with E-state index < -0.39 is 10.8 Å². The third kappa shape index (κ3) is 5.51. The first-order valence-electron chi connectivity index (χ1n) is 11.3. The first kappa shape index (κ1) is 24.4. The lowest BCUT2D eigenvalue weighted by Crippen LogP contribution is -2.40. The van der Waals surface area contributed by atoms with Gasteiger partial charge < -0.3 is 15.0 Å². The molecule has 0 saturated carbocycles. The number of hydrogen-bond acceptors (Lipinski definition) is 5. The summed E-state index contributed by atoms with van der Waals surface area (Å²) in [6, 6.07) is 14.4. The number of carbonyl (C=O) groups is 2. The van der Waals surface area contributed by atoms with Crippen molar-refractivity contribution in [3.63, 3.8) is 0 Å². The monoisotopic (exact) mass is 492 g/mol. The number of nitrogens with zero attached hydrogens (tertiary/aromatic N) is 3. The van der Waals surface area contributed by atoms with Gasteiger partial charge in [0.25, 0.3) is 5.91 Å². The van der Waals surface area contributed by atoms with Crippen molar-refractivity contribution < 1.29 is 18.5 Å². The average Bonchev–Trinajstić information content (AvgIpc) is 3.34. The quantitative estimate of drug-likeness (QED) is 0.507. The minimum Gasteiger partial charge on any atom is -0.457 e. The van der Waals surface area contributed by atoms with Crippen molar-refractivity contribution in [3.05, 3.63) is 72.9 Å². The van der Waals surface area contributed by atoms with Crippen LogP contribution in [0.25, 0.3) is 11.3 Å². The second-order valence-electron chi connectivity index (χ2n) is 8.29. The fraction of sp³-hybridized carbons (Fsp3) is 0.269. The molecule has 182 valence electrons. The van der Waals surface area contributed by atoms with Gasteiger partial charge in [0.1, 0.15) is 17.2 Å². The highest BCUT2D eigenvalue weighted by atomic mass is 32.2. The SMILES string of the molecule is C=CC(=O)N1CCCC(n2cc(C(=O)NC)c(-c3ccc(Oc4cccc(S(C)=O)c4)cc3)n2)C1. The Hall–Kier alpha value is -3.72. The topological polar surface area (TPSA) is 93.5 Å². The number of hydrogen-bond donors (Lipinski definition) is 1. The van der Waals surface area contributed by atoms with E-state index in [9.17, 15) is 13.8 Å². The summed E-state index contributed by atoms with van der Waals surface area (Å²) in [7, 11) is 0.492. The number of nitrogens with one attached hydrogen (secondary N) is 1. The highest BCUT2D eigenvalue weighted by Gasteiger charge is 2.26. The van der Waals surface area contributed by atoms with Gasteiger partial charge in [0.2, 0.25) is 5.91 Å². The average molecular weight is 493 g/mol. The van der Waals surface area contributed by atoms with Crippen LogP contribution in [0.2, 0.25) is 0 Å². The molecule has 1 saturated heterocycles. The Morgan fingerprint density at radius 3 is 2.66 bits per heavy atom. The van der Waals surface area contributed by atoms with Crippen molar-refractivity contribution in [2.75, 3.05) is 26.4 Å². The third-order valence-corrected chi connectivity index (χ3v) is 6.88. The predicted octanol–water partition coefficient (Wildman–Crippen LogP) is 3.79. The minimum atomic E-state index is -1.09. The zero-order chi connectivity index (χ0) is 24.9. The third-order valence-electron chi connectivity index (χ3n) is 5.96. The number of carbonyl (C=O) groups excluding carboxylic acids is 2. The van der Waals surface area contributed by atoms with Crippen LogP contribution in [0.1, 0.15) is 29.2 Å². The fourth-order valence-electron chi connectivity index (χ4n) is 4.13. The number of rotatable bonds is 7. The fourth-order valence-corrected chi connectivity index (χ4v) is 4.68. The van der Waals surface area contributed by atoms with E-state index in [2.05, 4.69) is 11.9 Å². The summed E-state index contributed by atoms with van der Waals surface area (Å²) in [6.45, 7) is 4.79. The molecule has 0 aliphatic carbocycles. The van der Waals surface area contributed by atoms with Gasteiger partial charge in [-0.25, -0.2) is 0 Å². The lowest BCUT2D eigenvalue weighted by atomic mass is 10.1. The standard InChI is InChI=1S/C26H28N4O4S/c1-4-24(31)29-14-6-7-19(16-29)30-17-23(26(32)27-2)25(28-30)18-10-12-20(13-11-18)34-21-8-5-9-22(15-21)35(3)33/h4-5,8-13,15,17,19H,1,6-7,14,16H2,2-3H3,(H,27,32). The van der Waals surface area contributed by atoms with Crippen molar-refractivity contribution in [2.45, 2.75) is 23.8 Å². The van der Waals surface area contributed by atoms with Crippen LogP contribution in [0.4, 0.5) is 0 Å². The van der Waals surface area contributed by atoms with Gasteiger partial charge in [0.15, 0.2) is 0 Å².